The van der Waals surface area contributed by atoms with Gasteiger partial charge in [-0.15, -0.1) is 6.42 Å². The van der Waals surface area contributed by atoms with Gasteiger partial charge in [-0.2, -0.15) is 5.26 Å². The molecule has 0 fully saturated rings. The summed E-state index contributed by atoms with van der Waals surface area (Å²) < 4.78 is 5.19. The van der Waals surface area contributed by atoms with Gasteiger partial charge in [0.2, 0.25) is 5.91 Å². The Balaban J connectivity index is 2.32. The predicted octanol–water partition coefficient (Wildman–Crippen LogP) is 4.95. The molecule has 0 N–H and O–H groups in total. The van der Waals surface area contributed by atoms with Crippen molar-refractivity contribution in [1.82, 2.24) is 4.90 Å². The van der Waals surface area contributed by atoms with E-state index in [0.717, 1.165) is 29.5 Å². The van der Waals surface area contributed by atoms with E-state index in [1.807, 2.05) is 63.2 Å². The van der Waals surface area contributed by atoms with Crippen LogP contribution in [0.3, 0.4) is 0 Å². The van der Waals surface area contributed by atoms with Crippen LogP contribution in [0.25, 0.3) is 11.1 Å². The van der Waals surface area contributed by atoms with Crippen LogP contribution in [-0.4, -0.2) is 29.4 Å². The molecule has 0 saturated carbocycles. The normalized spacial score (nSPS) is 11.3. The summed E-state index contributed by atoms with van der Waals surface area (Å²) in [4.78, 5) is 27.4. The average molecular weight is 431 g/mol. The molecule has 0 radical (unpaired) electrons. The Bertz CT molecular complexity index is 997. The quantitative estimate of drug-likeness (QED) is 0.395. The summed E-state index contributed by atoms with van der Waals surface area (Å²) in [5.74, 6) is 1.61. The summed E-state index contributed by atoms with van der Waals surface area (Å²) in [7, 11) is 0. The lowest BCUT2D eigenvalue weighted by Crippen LogP contribution is -2.48. The molecule has 0 heterocycles. The lowest BCUT2D eigenvalue weighted by atomic mass is 9.98. The van der Waals surface area contributed by atoms with Gasteiger partial charge in [0.05, 0.1) is 11.6 Å². The Morgan fingerprint density at radius 1 is 1.12 bits per heavy atom. The van der Waals surface area contributed by atoms with Crippen molar-refractivity contribution in [3.05, 3.63) is 59.7 Å². The summed E-state index contributed by atoms with van der Waals surface area (Å²) in [6.45, 7) is 5.98. The Morgan fingerprint density at radius 2 is 1.81 bits per heavy atom. The second-order valence-electron chi connectivity index (χ2n) is 7.98. The lowest BCUT2D eigenvalue weighted by molar-refractivity contribution is -0.156. The maximum atomic E-state index is 13.0. The molecule has 0 aliphatic rings. The monoisotopic (exact) mass is 430 g/mol. The van der Waals surface area contributed by atoms with Crippen molar-refractivity contribution < 1.29 is 14.3 Å². The number of carbonyl (C=O) groups excluding carboxylic acids is 2. The van der Waals surface area contributed by atoms with Gasteiger partial charge in [-0.05, 0) is 35.1 Å². The van der Waals surface area contributed by atoms with Crippen LogP contribution in [0.5, 0.6) is 0 Å². The topological polar surface area (TPSA) is 70.4 Å². The molecule has 2 aromatic rings. The maximum absolute atomic E-state index is 13.0. The van der Waals surface area contributed by atoms with Gasteiger partial charge in [-0.1, -0.05) is 75.6 Å². The van der Waals surface area contributed by atoms with E-state index in [9.17, 15) is 14.9 Å². The number of amides is 1. The number of ether oxygens (including phenoxy) is 1. The molecular weight excluding hydrogens is 400 g/mol. The molecule has 0 aromatic heterocycles. The van der Waals surface area contributed by atoms with Gasteiger partial charge in [0.25, 0.3) is 0 Å². The van der Waals surface area contributed by atoms with Gasteiger partial charge >= 0.3 is 5.97 Å². The first-order valence-electron chi connectivity index (χ1n) is 10.9. The van der Waals surface area contributed by atoms with Gasteiger partial charge in [0, 0.05) is 13.0 Å². The second-order valence-corrected chi connectivity index (χ2v) is 7.98. The van der Waals surface area contributed by atoms with Crippen LogP contribution < -0.4 is 0 Å². The molecule has 5 heteroatoms. The van der Waals surface area contributed by atoms with Crippen LogP contribution in [0.4, 0.5) is 0 Å². The van der Waals surface area contributed by atoms with Crippen molar-refractivity contribution in [2.75, 3.05) is 6.61 Å². The van der Waals surface area contributed by atoms with Crippen LogP contribution in [-0.2, 0) is 20.9 Å². The lowest BCUT2D eigenvalue weighted by Gasteiger charge is -2.33. The minimum atomic E-state index is -0.716. The van der Waals surface area contributed by atoms with Crippen molar-refractivity contribution in [1.29, 1.82) is 5.26 Å². The molecule has 1 atom stereocenters. The predicted molar refractivity (Wildman–Crippen MR) is 125 cm³/mol. The third-order valence-corrected chi connectivity index (χ3v) is 5.24. The first kappa shape index (κ1) is 24.7. The van der Waals surface area contributed by atoms with E-state index in [2.05, 4.69) is 12.0 Å². The molecule has 0 aliphatic heterocycles. The minimum absolute atomic E-state index is 0.0814. The molecule has 32 heavy (non-hydrogen) atoms. The van der Waals surface area contributed by atoms with E-state index in [4.69, 9.17) is 11.2 Å². The van der Waals surface area contributed by atoms with Crippen LogP contribution >= 0.6 is 0 Å². The van der Waals surface area contributed by atoms with E-state index >= 15 is 0 Å². The summed E-state index contributed by atoms with van der Waals surface area (Å²) >= 11 is 0. The van der Waals surface area contributed by atoms with Crippen LogP contribution in [0.15, 0.2) is 48.5 Å². The van der Waals surface area contributed by atoms with Gasteiger partial charge in [-0.25, -0.2) is 4.79 Å². The Morgan fingerprint density at radius 3 is 2.41 bits per heavy atom. The van der Waals surface area contributed by atoms with Gasteiger partial charge < -0.3 is 9.64 Å². The highest BCUT2D eigenvalue weighted by molar-refractivity contribution is 5.85. The third kappa shape index (κ3) is 6.46. The number of carbonyl (C=O) groups is 2. The molecule has 166 valence electrons. The van der Waals surface area contributed by atoms with Gasteiger partial charge in [0.1, 0.15) is 6.04 Å². The Hall–Kier alpha value is -3.57. The fraction of sp³-hybridized carbons (Fsp3) is 0.370. The van der Waals surface area contributed by atoms with Crippen molar-refractivity contribution >= 4 is 11.9 Å². The number of hydrogen-bond acceptors (Lipinski definition) is 4. The molecule has 0 saturated heterocycles. The summed E-state index contributed by atoms with van der Waals surface area (Å²) in [5, 5.41) is 9.36. The number of nitriles is 1. The number of nitrogens with zero attached hydrogens (tertiary/aromatic N) is 2. The van der Waals surface area contributed by atoms with Crippen LogP contribution in [0.2, 0.25) is 0 Å². The Kier molecular flexibility index (Phi) is 9.51. The largest absolute Gasteiger partial charge is 0.451 e. The van der Waals surface area contributed by atoms with Crippen molar-refractivity contribution in [2.24, 2.45) is 5.92 Å². The minimum Gasteiger partial charge on any atom is -0.451 e. The smallest absolute Gasteiger partial charge is 0.330 e. The van der Waals surface area contributed by atoms with E-state index < -0.39 is 12.0 Å². The zero-order valence-corrected chi connectivity index (χ0v) is 19.0. The number of esters is 1. The van der Waals surface area contributed by atoms with Crippen molar-refractivity contribution in [3.63, 3.8) is 0 Å². The molecule has 0 aliphatic carbocycles. The van der Waals surface area contributed by atoms with E-state index in [1.165, 1.54) is 0 Å². The number of terminal acetylenes is 1. The zero-order valence-electron chi connectivity index (χ0n) is 19.0. The molecule has 2 aromatic carbocycles. The molecule has 0 bridgehead atoms. The third-order valence-electron chi connectivity index (χ3n) is 5.24. The molecule has 5 nitrogen and oxygen atoms in total. The highest BCUT2D eigenvalue weighted by Crippen LogP contribution is 2.25. The number of unbranched alkanes of at least 4 members (excludes halogenated alkanes) is 1. The molecule has 1 unspecified atom stereocenters. The van der Waals surface area contributed by atoms with Gasteiger partial charge in [-0.3, -0.25) is 4.79 Å². The average Bonchev–Trinajstić information content (AvgIpc) is 2.80. The maximum Gasteiger partial charge on any atom is 0.330 e. The highest BCUT2D eigenvalue weighted by Gasteiger charge is 2.33. The standard InChI is InChI=1S/C27H30N2O3/c1-5-7-12-25(30)29(26(20(3)4)27(31)32-17-6-2)19-21-13-15-22(16-14-21)24-11-9-8-10-23(24)18-28/h2,8-11,13-16,20,26H,5,7,12,17,19H2,1,3-4H3. The van der Waals surface area contributed by atoms with Crippen LogP contribution in [0, 0.1) is 29.6 Å². The molecule has 1 amide bonds. The Labute approximate surface area is 191 Å². The van der Waals surface area contributed by atoms with E-state index in [1.54, 1.807) is 11.0 Å². The van der Waals surface area contributed by atoms with Crippen LogP contribution in [0.1, 0.15) is 51.2 Å². The van der Waals surface area contributed by atoms with Gasteiger partial charge in [0.15, 0.2) is 6.61 Å². The molecule has 2 rings (SSSR count). The SMILES string of the molecule is C#CCOC(=O)C(C(C)C)N(Cc1ccc(-c2ccccc2C#N)cc1)C(=O)CCCC. The van der Waals surface area contributed by atoms with E-state index in [0.29, 0.717) is 12.0 Å². The fourth-order valence-corrected chi connectivity index (χ4v) is 3.59. The molecule has 0 spiro atoms. The van der Waals surface area contributed by atoms with E-state index in [-0.39, 0.29) is 25.0 Å². The fourth-order valence-electron chi connectivity index (χ4n) is 3.59. The zero-order chi connectivity index (χ0) is 23.5. The number of benzene rings is 2. The number of hydrogen-bond donors (Lipinski definition) is 0. The second kappa shape index (κ2) is 12.3. The summed E-state index contributed by atoms with van der Waals surface area (Å²) in [6.07, 6.45) is 7.25. The molecular formula is C27H30N2O3. The summed E-state index contributed by atoms with van der Waals surface area (Å²) in [5.41, 5.74) is 3.27. The van der Waals surface area contributed by atoms with Crippen molar-refractivity contribution in [2.45, 2.75) is 52.6 Å². The highest BCUT2D eigenvalue weighted by atomic mass is 16.5. The first-order chi connectivity index (χ1) is 15.4. The first-order valence-corrected chi connectivity index (χ1v) is 10.9. The number of rotatable bonds is 10. The van der Waals surface area contributed by atoms with Crippen molar-refractivity contribution in [3.8, 4) is 29.5 Å². The summed E-state index contributed by atoms with van der Waals surface area (Å²) in [6, 6.07) is 16.6.